The number of nitrogens with zero attached hydrogens (tertiary/aromatic N) is 1. The molecular formula is C17H27N3O2. The SMILES string of the molecule is CCN(CC)CCCNC(=O)NC1c2ccccc2CC1O. The molecular weight excluding hydrogens is 278 g/mol. The Morgan fingerprint density at radius 1 is 1.32 bits per heavy atom. The zero-order valence-electron chi connectivity index (χ0n) is 13.5. The van der Waals surface area contributed by atoms with E-state index in [-0.39, 0.29) is 12.1 Å². The van der Waals surface area contributed by atoms with E-state index < -0.39 is 6.10 Å². The van der Waals surface area contributed by atoms with Crippen molar-refractivity contribution in [3.8, 4) is 0 Å². The Labute approximate surface area is 132 Å². The van der Waals surface area contributed by atoms with Crippen molar-refractivity contribution in [2.24, 2.45) is 0 Å². The summed E-state index contributed by atoms with van der Waals surface area (Å²) in [6.07, 6.45) is 0.987. The number of hydrogen-bond donors (Lipinski definition) is 3. The highest BCUT2D eigenvalue weighted by Gasteiger charge is 2.31. The van der Waals surface area contributed by atoms with Gasteiger partial charge in [0.15, 0.2) is 0 Å². The number of nitrogens with one attached hydrogen (secondary N) is 2. The van der Waals surface area contributed by atoms with Crippen LogP contribution in [-0.2, 0) is 6.42 Å². The van der Waals surface area contributed by atoms with Gasteiger partial charge in [-0.15, -0.1) is 0 Å². The molecule has 5 nitrogen and oxygen atoms in total. The first-order valence-electron chi connectivity index (χ1n) is 8.18. The summed E-state index contributed by atoms with van der Waals surface area (Å²) in [4.78, 5) is 14.3. The van der Waals surface area contributed by atoms with Crippen LogP contribution in [-0.4, -0.2) is 48.3 Å². The first-order valence-corrected chi connectivity index (χ1v) is 8.18. The summed E-state index contributed by atoms with van der Waals surface area (Å²) >= 11 is 0. The minimum Gasteiger partial charge on any atom is -0.390 e. The summed E-state index contributed by atoms with van der Waals surface area (Å²) < 4.78 is 0. The van der Waals surface area contributed by atoms with Gasteiger partial charge in [0, 0.05) is 13.0 Å². The van der Waals surface area contributed by atoms with Gasteiger partial charge in [0.25, 0.3) is 0 Å². The van der Waals surface area contributed by atoms with Gasteiger partial charge in [0.2, 0.25) is 0 Å². The second-order valence-corrected chi connectivity index (χ2v) is 5.73. The van der Waals surface area contributed by atoms with Crippen LogP contribution in [0.3, 0.4) is 0 Å². The predicted octanol–water partition coefficient (Wildman–Crippen LogP) is 1.68. The number of aliphatic hydroxyl groups is 1. The first-order chi connectivity index (χ1) is 10.7. The molecule has 22 heavy (non-hydrogen) atoms. The molecule has 3 N–H and O–H groups in total. The van der Waals surface area contributed by atoms with E-state index in [1.165, 1.54) is 0 Å². The van der Waals surface area contributed by atoms with Crippen LogP contribution in [0.5, 0.6) is 0 Å². The third-order valence-corrected chi connectivity index (χ3v) is 4.32. The van der Waals surface area contributed by atoms with Gasteiger partial charge in [-0.1, -0.05) is 38.1 Å². The van der Waals surface area contributed by atoms with E-state index in [1.54, 1.807) is 0 Å². The van der Waals surface area contributed by atoms with Gasteiger partial charge in [-0.3, -0.25) is 0 Å². The number of amides is 2. The van der Waals surface area contributed by atoms with Crippen molar-refractivity contribution in [2.45, 2.75) is 38.8 Å². The number of carbonyl (C=O) groups excluding carboxylic acids is 1. The lowest BCUT2D eigenvalue weighted by atomic mass is 10.1. The average molecular weight is 305 g/mol. The molecule has 0 spiro atoms. The van der Waals surface area contributed by atoms with Crippen LogP contribution < -0.4 is 10.6 Å². The molecule has 0 saturated heterocycles. The normalized spacial score (nSPS) is 20.0. The van der Waals surface area contributed by atoms with E-state index in [0.717, 1.165) is 37.2 Å². The smallest absolute Gasteiger partial charge is 0.315 e. The standard InChI is InChI=1S/C17H27N3O2/c1-3-20(4-2)11-7-10-18-17(22)19-16-14-9-6-5-8-13(14)12-15(16)21/h5-6,8-9,15-16,21H,3-4,7,10-12H2,1-2H3,(H2,18,19,22). The number of hydrogen-bond acceptors (Lipinski definition) is 3. The lowest BCUT2D eigenvalue weighted by molar-refractivity contribution is 0.142. The van der Waals surface area contributed by atoms with Crippen LogP contribution >= 0.6 is 0 Å². The van der Waals surface area contributed by atoms with Gasteiger partial charge in [0.1, 0.15) is 0 Å². The fourth-order valence-electron chi connectivity index (χ4n) is 2.98. The monoisotopic (exact) mass is 305 g/mol. The van der Waals surface area contributed by atoms with Gasteiger partial charge < -0.3 is 20.6 Å². The number of carbonyl (C=O) groups is 1. The van der Waals surface area contributed by atoms with E-state index in [0.29, 0.717) is 13.0 Å². The third kappa shape index (κ3) is 4.21. The summed E-state index contributed by atoms with van der Waals surface area (Å²) in [6.45, 7) is 7.99. The molecule has 0 fully saturated rings. The number of rotatable bonds is 7. The van der Waals surface area contributed by atoms with Crippen LogP contribution in [0.4, 0.5) is 4.79 Å². The topological polar surface area (TPSA) is 64.6 Å². The number of fused-ring (bicyclic) bond motifs is 1. The van der Waals surface area contributed by atoms with E-state index in [9.17, 15) is 9.90 Å². The number of benzene rings is 1. The molecule has 0 heterocycles. The van der Waals surface area contributed by atoms with Gasteiger partial charge in [-0.25, -0.2) is 4.79 Å². The number of urea groups is 1. The van der Waals surface area contributed by atoms with Crippen LogP contribution in [0.2, 0.25) is 0 Å². The Hall–Kier alpha value is -1.59. The minimum absolute atomic E-state index is 0.208. The maximum atomic E-state index is 12.0. The molecule has 2 unspecified atom stereocenters. The summed E-state index contributed by atoms with van der Waals surface area (Å²) in [7, 11) is 0. The molecule has 0 aliphatic heterocycles. The second-order valence-electron chi connectivity index (χ2n) is 5.73. The average Bonchev–Trinajstić information content (AvgIpc) is 2.83. The zero-order valence-corrected chi connectivity index (χ0v) is 13.5. The maximum Gasteiger partial charge on any atom is 0.315 e. The Morgan fingerprint density at radius 2 is 2.05 bits per heavy atom. The third-order valence-electron chi connectivity index (χ3n) is 4.32. The van der Waals surface area contributed by atoms with Gasteiger partial charge in [-0.2, -0.15) is 0 Å². The molecule has 1 aliphatic rings. The summed E-state index contributed by atoms with van der Waals surface area (Å²) in [5.41, 5.74) is 2.13. The van der Waals surface area contributed by atoms with Crippen molar-refractivity contribution in [1.82, 2.24) is 15.5 Å². The molecule has 122 valence electrons. The maximum absolute atomic E-state index is 12.0. The molecule has 5 heteroatoms. The van der Waals surface area contributed by atoms with E-state index in [2.05, 4.69) is 29.4 Å². The quantitative estimate of drug-likeness (QED) is 0.672. The molecule has 1 aromatic carbocycles. The van der Waals surface area contributed by atoms with Gasteiger partial charge in [-0.05, 0) is 37.2 Å². The minimum atomic E-state index is -0.543. The van der Waals surface area contributed by atoms with Crippen molar-refractivity contribution < 1.29 is 9.90 Å². The summed E-state index contributed by atoms with van der Waals surface area (Å²) in [5, 5.41) is 15.9. The first kappa shape index (κ1) is 16.8. The molecule has 0 radical (unpaired) electrons. The van der Waals surface area contributed by atoms with Crippen molar-refractivity contribution in [2.75, 3.05) is 26.2 Å². The zero-order chi connectivity index (χ0) is 15.9. The van der Waals surface area contributed by atoms with Gasteiger partial charge in [0.05, 0.1) is 12.1 Å². The summed E-state index contributed by atoms with van der Waals surface area (Å²) in [5.74, 6) is 0. The summed E-state index contributed by atoms with van der Waals surface area (Å²) in [6, 6.07) is 7.35. The molecule has 0 bridgehead atoms. The van der Waals surface area contributed by atoms with Crippen molar-refractivity contribution >= 4 is 6.03 Å². The van der Waals surface area contributed by atoms with Crippen molar-refractivity contribution in [3.63, 3.8) is 0 Å². The number of aliphatic hydroxyl groups excluding tert-OH is 1. The molecule has 2 amide bonds. The highest BCUT2D eigenvalue weighted by molar-refractivity contribution is 5.74. The van der Waals surface area contributed by atoms with Crippen LogP contribution in [0.1, 0.15) is 37.4 Å². The molecule has 0 saturated carbocycles. The lowest BCUT2D eigenvalue weighted by Gasteiger charge is -2.20. The Kier molecular flexibility index (Phi) is 6.21. The molecule has 1 aromatic rings. The van der Waals surface area contributed by atoms with Crippen LogP contribution in [0.25, 0.3) is 0 Å². The highest BCUT2D eigenvalue weighted by atomic mass is 16.3. The Balaban J connectivity index is 1.76. The Bertz CT molecular complexity index is 489. The molecule has 1 aliphatic carbocycles. The van der Waals surface area contributed by atoms with E-state index in [4.69, 9.17) is 0 Å². The van der Waals surface area contributed by atoms with E-state index >= 15 is 0 Å². The highest BCUT2D eigenvalue weighted by Crippen LogP contribution is 2.30. The molecule has 2 rings (SSSR count). The lowest BCUT2D eigenvalue weighted by Crippen LogP contribution is -2.41. The second kappa shape index (κ2) is 8.15. The van der Waals surface area contributed by atoms with Crippen LogP contribution in [0.15, 0.2) is 24.3 Å². The fraction of sp³-hybridized carbons (Fsp3) is 0.588. The van der Waals surface area contributed by atoms with Gasteiger partial charge >= 0.3 is 6.03 Å². The van der Waals surface area contributed by atoms with E-state index in [1.807, 2.05) is 24.3 Å². The fourth-order valence-corrected chi connectivity index (χ4v) is 2.98. The van der Waals surface area contributed by atoms with Crippen molar-refractivity contribution in [3.05, 3.63) is 35.4 Å². The van der Waals surface area contributed by atoms with Crippen LogP contribution in [0, 0.1) is 0 Å². The van der Waals surface area contributed by atoms with Crippen molar-refractivity contribution in [1.29, 1.82) is 0 Å². The molecule has 0 aromatic heterocycles. The molecule has 2 atom stereocenters. The Morgan fingerprint density at radius 3 is 2.77 bits per heavy atom. The predicted molar refractivity (Wildman–Crippen MR) is 87.8 cm³/mol. The largest absolute Gasteiger partial charge is 0.390 e.